The molecule has 0 aliphatic heterocycles. The standard InChI is InChI=1S/C19H21NO5S/c1-3-4-11-26(24,25)16-9-6-14(7-10-16)18(21)20-15-8-5-13(2)17(12-15)19(22)23/h5-10,12H,3-4,11H2,1-2H3,(H,20,21)(H,22,23). The number of aromatic carboxylic acids is 1. The average molecular weight is 375 g/mol. The van der Waals surface area contributed by atoms with Crippen LogP contribution in [0.2, 0.25) is 0 Å². The number of benzene rings is 2. The lowest BCUT2D eigenvalue weighted by atomic mass is 10.1. The molecule has 7 heteroatoms. The van der Waals surface area contributed by atoms with Crippen molar-refractivity contribution in [2.75, 3.05) is 11.1 Å². The fraction of sp³-hybridized carbons (Fsp3) is 0.263. The molecule has 0 atom stereocenters. The molecule has 0 saturated carbocycles. The molecule has 2 rings (SSSR count). The molecule has 0 aromatic heterocycles. The molecule has 2 N–H and O–H groups in total. The molecule has 0 radical (unpaired) electrons. The second kappa shape index (κ2) is 8.14. The van der Waals surface area contributed by atoms with E-state index in [0.29, 0.717) is 17.7 Å². The lowest BCUT2D eigenvalue weighted by Crippen LogP contribution is -2.13. The fourth-order valence-electron chi connectivity index (χ4n) is 2.40. The van der Waals surface area contributed by atoms with Crippen LogP contribution >= 0.6 is 0 Å². The number of carboxylic acids is 1. The number of amides is 1. The van der Waals surface area contributed by atoms with E-state index < -0.39 is 21.7 Å². The van der Waals surface area contributed by atoms with Crippen LogP contribution < -0.4 is 5.32 Å². The molecule has 0 fully saturated rings. The van der Waals surface area contributed by atoms with E-state index in [0.717, 1.165) is 6.42 Å². The van der Waals surface area contributed by atoms with Crippen molar-refractivity contribution in [1.29, 1.82) is 0 Å². The van der Waals surface area contributed by atoms with Crippen LogP contribution in [0.3, 0.4) is 0 Å². The Morgan fingerprint density at radius 3 is 2.31 bits per heavy atom. The molecule has 138 valence electrons. The zero-order chi connectivity index (χ0) is 19.3. The van der Waals surface area contributed by atoms with Gasteiger partial charge < -0.3 is 10.4 Å². The van der Waals surface area contributed by atoms with Crippen LogP contribution in [-0.4, -0.2) is 31.2 Å². The highest BCUT2D eigenvalue weighted by Crippen LogP contribution is 2.18. The summed E-state index contributed by atoms with van der Waals surface area (Å²) in [4.78, 5) is 23.7. The van der Waals surface area contributed by atoms with Crippen LogP contribution in [0.1, 0.15) is 46.0 Å². The molecule has 0 bridgehead atoms. The van der Waals surface area contributed by atoms with Gasteiger partial charge in [-0.25, -0.2) is 13.2 Å². The third kappa shape index (κ3) is 4.70. The normalized spacial score (nSPS) is 11.2. The molecular formula is C19H21NO5S. The number of anilines is 1. The smallest absolute Gasteiger partial charge is 0.336 e. The van der Waals surface area contributed by atoms with Crippen molar-refractivity contribution < 1.29 is 23.1 Å². The summed E-state index contributed by atoms with van der Waals surface area (Å²) in [6.07, 6.45) is 1.37. The van der Waals surface area contributed by atoms with Crippen LogP contribution in [0.15, 0.2) is 47.4 Å². The number of hydrogen-bond acceptors (Lipinski definition) is 4. The van der Waals surface area contributed by atoms with Crippen molar-refractivity contribution >= 4 is 27.4 Å². The summed E-state index contributed by atoms with van der Waals surface area (Å²) in [6.45, 7) is 3.59. The van der Waals surface area contributed by atoms with Gasteiger partial charge in [0.05, 0.1) is 16.2 Å². The Bertz CT molecular complexity index is 917. The van der Waals surface area contributed by atoms with Crippen molar-refractivity contribution in [2.24, 2.45) is 0 Å². The summed E-state index contributed by atoms with van der Waals surface area (Å²) in [5.74, 6) is -1.43. The SMILES string of the molecule is CCCCS(=O)(=O)c1ccc(C(=O)Nc2ccc(C)c(C(=O)O)c2)cc1. The van der Waals surface area contributed by atoms with E-state index in [9.17, 15) is 18.0 Å². The van der Waals surface area contributed by atoms with Gasteiger partial charge in [-0.1, -0.05) is 19.4 Å². The molecule has 0 aliphatic rings. The van der Waals surface area contributed by atoms with E-state index in [1.165, 1.54) is 30.3 Å². The van der Waals surface area contributed by atoms with Gasteiger partial charge in [0.15, 0.2) is 9.84 Å². The summed E-state index contributed by atoms with van der Waals surface area (Å²) in [6, 6.07) is 10.3. The summed E-state index contributed by atoms with van der Waals surface area (Å²) in [5.41, 5.74) is 1.35. The Kier molecular flexibility index (Phi) is 6.15. The maximum absolute atomic E-state index is 12.3. The largest absolute Gasteiger partial charge is 0.478 e. The van der Waals surface area contributed by atoms with Crippen LogP contribution in [0, 0.1) is 6.92 Å². The van der Waals surface area contributed by atoms with E-state index in [1.54, 1.807) is 19.1 Å². The molecule has 0 saturated heterocycles. The van der Waals surface area contributed by atoms with Crippen molar-refractivity contribution in [1.82, 2.24) is 0 Å². The summed E-state index contributed by atoms with van der Waals surface area (Å²) in [5, 5.41) is 11.8. The van der Waals surface area contributed by atoms with Crippen LogP contribution in [-0.2, 0) is 9.84 Å². The zero-order valence-electron chi connectivity index (χ0n) is 14.7. The molecule has 1 amide bonds. The van der Waals surface area contributed by atoms with E-state index in [1.807, 2.05) is 6.92 Å². The topological polar surface area (TPSA) is 101 Å². The van der Waals surface area contributed by atoms with Gasteiger partial charge in [-0.2, -0.15) is 0 Å². The number of aryl methyl sites for hydroxylation is 1. The first-order valence-corrected chi connectivity index (χ1v) is 9.88. The highest BCUT2D eigenvalue weighted by atomic mass is 32.2. The third-order valence-electron chi connectivity index (χ3n) is 3.97. The van der Waals surface area contributed by atoms with Gasteiger partial charge in [0, 0.05) is 11.3 Å². The first kappa shape index (κ1) is 19.7. The highest BCUT2D eigenvalue weighted by Gasteiger charge is 2.15. The summed E-state index contributed by atoms with van der Waals surface area (Å²) < 4.78 is 24.3. The summed E-state index contributed by atoms with van der Waals surface area (Å²) >= 11 is 0. The van der Waals surface area contributed by atoms with Gasteiger partial charge in [0.1, 0.15) is 0 Å². The maximum Gasteiger partial charge on any atom is 0.336 e. The van der Waals surface area contributed by atoms with Crippen LogP contribution in [0.25, 0.3) is 0 Å². The Hall–Kier alpha value is -2.67. The molecule has 6 nitrogen and oxygen atoms in total. The Morgan fingerprint density at radius 2 is 1.73 bits per heavy atom. The van der Waals surface area contributed by atoms with Crippen LogP contribution in [0.5, 0.6) is 0 Å². The van der Waals surface area contributed by atoms with Crippen molar-refractivity contribution in [3.63, 3.8) is 0 Å². The lowest BCUT2D eigenvalue weighted by Gasteiger charge is -2.09. The molecule has 0 aliphatic carbocycles. The minimum absolute atomic E-state index is 0.0797. The maximum atomic E-state index is 12.3. The van der Waals surface area contributed by atoms with Gasteiger partial charge in [-0.3, -0.25) is 4.79 Å². The predicted octanol–water partition coefficient (Wildman–Crippen LogP) is 3.52. The molecule has 0 heterocycles. The molecule has 26 heavy (non-hydrogen) atoms. The minimum atomic E-state index is -3.34. The number of carboxylic acid groups (broad SMARTS) is 1. The number of sulfone groups is 1. The van der Waals surface area contributed by atoms with Crippen LogP contribution in [0.4, 0.5) is 5.69 Å². The van der Waals surface area contributed by atoms with Crippen molar-refractivity contribution in [3.8, 4) is 0 Å². The van der Waals surface area contributed by atoms with E-state index in [-0.39, 0.29) is 21.8 Å². The first-order chi connectivity index (χ1) is 12.2. The predicted molar refractivity (Wildman–Crippen MR) is 99.5 cm³/mol. The lowest BCUT2D eigenvalue weighted by molar-refractivity contribution is 0.0695. The Morgan fingerprint density at radius 1 is 1.08 bits per heavy atom. The van der Waals surface area contributed by atoms with Crippen molar-refractivity contribution in [3.05, 3.63) is 59.2 Å². The zero-order valence-corrected chi connectivity index (χ0v) is 15.5. The minimum Gasteiger partial charge on any atom is -0.478 e. The van der Waals surface area contributed by atoms with Crippen molar-refractivity contribution in [2.45, 2.75) is 31.6 Å². The second-order valence-electron chi connectivity index (χ2n) is 5.99. The monoisotopic (exact) mass is 375 g/mol. The number of nitrogens with one attached hydrogen (secondary N) is 1. The van der Waals surface area contributed by atoms with Gasteiger partial charge in [-0.15, -0.1) is 0 Å². The van der Waals surface area contributed by atoms with E-state index in [4.69, 9.17) is 5.11 Å². The molecule has 2 aromatic carbocycles. The molecule has 0 spiro atoms. The Labute approximate surface area is 152 Å². The number of hydrogen-bond donors (Lipinski definition) is 2. The highest BCUT2D eigenvalue weighted by molar-refractivity contribution is 7.91. The van der Waals surface area contributed by atoms with Gasteiger partial charge >= 0.3 is 5.97 Å². The number of carbonyl (C=O) groups is 2. The number of unbranched alkanes of at least 4 members (excludes halogenated alkanes) is 1. The Balaban J connectivity index is 2.16. The average Bonchev–Trinajstić information content (AvgIpc) is 2.61. The number of rotatable bonds is 7. The van der Waals surface area contributed by atoms with E-state index >= 15 is 0 Å². The molecule has 0 unspecified atom stereocenters. The van der Waals surface area contributed by atoms with Gasteiger partial charge in [0.25, 0.3) is 5.91 Å². The quantitative estimate of drug-likeness (QED) is 0.771. The molecular weight excluding hydrogens is 354 g/mol. The van der Waals surface area contributed by atoms with E-state index in [2.05, 4.69) is 5.32 Å². The van der Waals surface area contributed by atoms with Gasteiger partial charge in [-0.05, 0) is 55.3 Å². The fourth-order valence-corrected chi connectivity index (χ4v) is 3.85. The number of carbonyl (C=O) groups excluding carboxylic acids is 1. The third-order valence-corrected chi connectivity index (χ3v) is 5.78. The molecule has 2 aromatic rings. The second-order valence-corrected chi connectivity index (χ2v) is 8.09. The first-order valence-electron chi connectivity index (χ1n) is 8.22. The summed E-state index contributed by atoms with van der Waals surface area (Å²) in [7, 11) is -3.34. The van der Waals surface area contributed by atoms with Gasteiger partial charge in [0.2, 0.25) is 0 Å².